The van der Waals surface area contributed by atoms with Crippen LogP contribution in [-0.4, -0.2) is 56.4 Å². The van der Waals surface area contributed by atoms with Gasteiger partial charge in [0.1, 0.15) is 0 Å². The van der Waals surface area contributed by atoms with Gasteiger partial charge in [-0.2, -0.15) is 10.2 Å². The van der Waals surface area contributed by atoms with Crippen molar-refractivity contribution in [2.24, 2.45) is 7.05 Å². The van der Waals surface area contributed by atoms with Crippen LogP contribution in [0.4, 0.5) is 5.69 Å². The van der Waals surface area contributed by atoms with Gasteiger partial charge in [0, 0.05) is 56.7 Å². The second kappa shape index (κ2) is 7.91. The number of carbonyl (C=O) groups is 1. The van der Waals surface area contributed by atoms with Gasteiger partial charge < -0.3 is 9.80 Å². The standard InChI is InChI=1S/C24H26N6O/c1-18(19-6-4-3-5-7-19)24(31)29-12-10-28(11-13-29)23-15-26-30-17-20(8-9-22(23)30)21-14-25-27(2)16-21/h3-9,14-18H,10-13H2,1-2H3/t18-/m1/s1. The molecule has 1 aliphatic heterocycles. The van der Waals surface area contributed by atoms with E-state index in [4.69, 9.17) is 0 Å². The number of aryl methyl sites for hydroxylation is 1. The van der Waals surface area contributed by atoms with Crippen molar-refractivity contribution in [3.8, 4) is 11.1 Å². The summed E-state index contributed by atoms with van der Waals surface area (Å²) in [7, 11) is 1.92. The molecule has 4 heterocycles. The van der Waals surface area contributed by atoms with E-state index in [1.54, 1.807) is 4.68 Å². The summed E-state index contributed by atoms with van der Waals surface area (Å²) in [5.74, 6) is 0.0856. The fourth-order valence-corrected chi connectivity index (χ4v) is 4.28. The van der Waals surface area contributed by atoms with Crippen LogP contribution < -0.4 is 4.90 Å². The van der Waals surface area contributed by atoms with Crippen molar-refractivity contribution in [1.82, 2.24) is 24.3 Å². The zero-order valence-electron chi connectivity index (χ0n) is 17.8. The first-order chi connectivity index (χ1) is 15.1. The van der Waals surface area contributed by atoms with Crippen LogP contribution in [0.1, 0.15) is 18.4 Å². The highest BCUT2D eigenvalue weighted by molar-refractivity contribution is 5.84. The average Bonchev–Trinajstić information content (AvgIpc) is 3.44. The lowest BCUT2D eigenvalue weighted by Crippen LogP contribution is -2.49. The van der Waals surface area contributed by atoms with Crippen molar-refractivity contribution in [2.75, 3.05) is 31.1 Å². The maximum atomic E-state index is 13.0. The molecule has 1 aliphatic rings. The van der Waals surface area contributed by atoms with Gasteiger partial charge in [-0.3, -0.25) is 9.48 Å². The summed E-state index contributed by atoms with van der Waals surface area (Å²) >= 11 is 0. The maximum Gasteiger partial charge on any atom is 0.229 e. The Balaban J connectivity index is 1.29. The number of pyridine rings is 1. The molecule has 0 saturated carbocycles. The van der Waals surface area contributed by atoms with Crippen molar-refractivity contribution in [3.63, 3.8) is 0 Å². The number of nitrogens with zero attached hydrogens (tertiary/aromatic N) is 6. The number of benzene rings is 1. The molecule has 7 nitrogen and oxygen atoms in total. The summed E-state index contributed by atoms with van der Waals surface area (Å²) in [5.41, 5.74) is 5.41. The first-order valence-corrected chi connectivity index (χ1v) is 10.7. The summed E-state index contributed by atoms with van der Waals surface area (Å²) in [6.45, 7) is 5.05. The van der Waals surface area contributed by atoms with Crippen molar-refractivity contribution in [2.45, 2.75) is 12.8 Å². The fourth-order valence-electron chi connectivity index (χ4n) is 4.28. The molecule has 31 heavy (non-hydrogen) atoms. The van der Waals surface area contributed by atoms with Crippen molar-refractivity contribution in [3.05, 3.63) is 72.8 Å². The van der Waals surface area contributed by atoms with Gasteiger partial charge in [0.2, 0.25) is 5.91 Å². The molecule has 5 rings (SSSR count). The Labute approximate surface area is 181 Å². The minimum atomic E-state index is -0.115. The van der Waals surface area contributed by atoms with Gasteiger partial charge in [0.15, 0.2) is 0 Å². The SMILES string of the molecule is C[C@@H](C(=O)N1CCN(c2cnn3cc(-c4cnn(C)c4)ccc23)CC1)c1ccccc1. The van der Waals surface area contributed by atoms with E-state index in [0.29, 0.717) is 0 Å². The summed E-state index contributed by atoms with van der Waals surface area (Å²) in [6, 6.07) is 14.2. The Morgan fingerprint density at radius 2 is 1.68 bits per heavy atom. The van der Waals surface area contributed by atoms with E-state index >= 15 is 0 Å². The van der Waals surface area contributed by atoms with Gasteiger partial charge in [0.25, 0.3) is 0 Å². The van der Waals surface area contributed by atoms with E-state index in [1.807, 2.05) is 78.5 Å². The molecular formula is C24H26N6O. The molecule has 0 spiro atoms. The normalized spacial score (nSPS) is 15.4. The third-order valence-corrected chi connectivity index (χ3v) is 6.14. The molecule has 1 aromatic carbocycles. The summed E-state index contributed by atoms with van der Waals surface area (Å²) in [6.07, 6.45) is 7.82. The van der Waals surface area contributed by atoms with E-state index in [1.165, 1.54) is 0 Å². The molecule has 0 radical (unpaired) electrons. The van der Waals surface area contributed by atoms with Crippen LogP contribution in [0, 0.1) is 0 Å². The number of amides is 1. The van der Waals surface area contributed by atoms with E-state index in [-0.39, 0.29) is 11.8 Å². The lowest BCUT2D eigenvalue weighted by molar-refractivity contribution is -0.132. The first kappa shape index (κ1) is 19.4. The van der Waals surface area contributed by atoms with Crippen LogP contribution in [0.2, 0.25) is 0 Å². The predicted octanol–water partition coefficient (Wildman–Crippen LogP) is 3.19. The maximum absolute atomic E-state index is 13.0. The Kier molecular flexibility index (Phi) is 4.94. The molecule has 1 atom stereocenters. The summed E-state index contributed by atoms with van der Waals surface area (Å²) in [5, 5.41) is 8.83. The highest BCUT2D eigenvalue weighted by Gasteiger charge is 2.26. The number of fused-ring (bicyclic) bond motifs is 1. The molecular weight excluding hydrogens is 388 g/mol. The molecule has 1 amide bonds. The Hall–Kier alpha value is -3.61. The smallest absolute Gasteiger partial charge is 0.229 e. The highest BCUT2D eigenvalue weighted by Crippen LogP contribution is 2.27. The Morgan fingerprint density at radius 3 is 2.39 bits per heavy atom. The second-order valence-corrected chi connectivity index (χ2v) is 8.12. The van der Waals surface area contributed by atoms with Crippen LogP contribution in [-0.2, 0) is 11.8 Å². The van der Waals surface area contributed by atoms with Crippen molar-refractivity contribution < 1.29 is 4.79 Å². The second-order valence-electron chi connectivity index (χ2n) is 8.12. The van der Waals surface area contributed by atoms with Crippen LogP contribution in [0.25, 0.3) is 16.6 Å². The molecule has 0 N–H and O–H groups in total. The lowest BCUT2D eigenvalue weighted by atomic mass is 9.99. The van der Waals surface area contributed by atoms with Crippen LogP contribution in [0.3, 0.4) is 0 Å². The number of hydrogen-bond donors (Lipinski definition) is 0. The summed E-state index contributed by atoms with van der Waals surface area (Å²) in [4.78, 5) is 17.3. The predicted molar refractivity (Wildman–Crippen MR) is 121 cm³/mol. The molecule has 1 saturated heterocycles. The van der Waals surface area contributed by atoms with Crippen LogP contribution in [0.15, 0.2) is 67.3 Å². The summed E-state index contributed by atoms with van der Waals surface area (Å²) < 4.78 is 3.72. The third-order valence-electron chi connectivity index (χ3n) is 6.14. The van der Waals surface area contributed by atoms with Gasteiger partial charge >= 0.3 is 0 Å². The van der Waals surface area contributed by atoms with Gasteiger partial charge in [-0.05, 0) is 18.6 Å². The van der Waals surface area contributed by atoms with E-state index in [2.05, 4.69) is 27.2 Å². The van der Waals surface area contributed by atoms with E-state index in [9.17, 15) is 4.79 Å². The van der Waals surface area contributed by atoms with Crippen LogP contribution in [0.5, 0.6) is 0 Å². The van der Waals surface area contributed by atoms with E-state index in [0.717, 1.165) is 54.1 Å². The van der Waals surface area contributed by atoms with Gasteiger partial charge in [-0.15, -0.1) is 0 Å². The number of aromatic nitrogens is 4. The van der Waals surface area contributed by atoms with Gasteiger partial charge in [0.05, 0.1) is 29.5 Å². The largest absolute Gasteiger partial charge is 0.365 e. The number of hydrogen-bond acceptors (Lipinski definition) is 4. The molecule has 3 aromatic heterocycles. The topological polar surface area (TPSA) is 58.7 Å². The monoisotopic (exact) mass is 414 g/mol. The molecule has 0 bridgehead atoms. The van der Waals surface area contributed by atoms with Crippen molar-refractivity contribution >= 4 is 17.1 Å². The number of carbonyl (C=O) groups excluding carboxylic acids is 1. The van der Waals surface area contributed by atoms with Gasteiger partial charge in [-0.25, -0.2) is 4.52 Å². The van der Waals surface area contributed by atoms with Crippen LogP contribution >= 0.6 is 0 Å². The van der Waals surface area contributed by atoms with E-state index < -0.39 is 0 Å². The zero-order valence-corrected chi connectivity index (χ0v) is 17.8. The lowest BCUT2D eigenvalue weighted by Gasteiger charge is -2.36. The number of rotatable bonds is 4. The number of piperazine rings is 1. The molecule has 7 heteroatoms. The highest BCUT2D eigenvalue weighted by atomic mass is 16.2. The Morgan fingerprint density at radius 1 is 0.903 bits per heavy atom. The number of anilines is 1. The average molecular weight is 415 g/mol. The molecule has 158 valence electrons. The van der Waals surface area contributed by atoms with Crippen molar-refractivity contribution in [1.29, 1.82) is 0 Å². The Bertz CT molecular complexity index is 1200. The minimum absolute atomic E-state index is 0.115. The zero-order chi connectivity index (χ0) is 21.4. The van der Waals surface area contributed by atoms with Gasteiger partial charge in [-0.1, -0.05) is 36.4 Å². The first-order valence-electron chi connectivity index (χ1n) is 10.7. The molecule has 4 aromatic rings. The fraction of sp³-hybridized carbons (Fsp3) is 0.292. The molecule has 0 unspecified atom stereocenters. The molecule has 0 aliphatic carbocycles. The molecule has 1 fully saturated rings. The minimum Gasteiger partial charge on any atom is -0.365 e. The quantitative estimate of drug-likeness (QED) is 0.515. The third kappa shape index (κ3) is 3.67.